The van der Waals surface area contributed by atoms with Crippen LogP contribution in [0.5, 0.6) is 0 Å². The van der Waals surface area contributed by atoms with E-state index in [4.69, 9.17) is 5.73 Å². The van der Waals surface area contributed by atoms with E-state index in [-0.39, 0.29) is 5.91 Å². The molecule has 1 amide bonds. The largest absolute Gasteiger partial charge is 0.330 e. The molecule has 1 aromatic heterocycles. The molecule has 0 aliphatic heterocycles. The van der Waals surface area contributed by atoms with Crippen molar-refractivity contribution in [2.45, 2.75) is 33.1 Å². The maximum atomic E-state index is 11.7. The lowest BCUT2D eigenvalue weighted by atomic mass is 9.88. The van der Waals surface area contributed by atoms with Gasteiger partial charge >= 0.3 is 0 Å². The fourth-order valence-electron chi connectivity index (χ4n) is 1.76. The van der Waals surface area contributed by atoms with Crippen LogP contribution in [0.15, 0.2) is 6.20 Å². The summed E-state index contributed by atoms with van der Waals surface area (Å²) in [6.07, 6.45) is 3.95. The Morgan fingerprint density at radius 1 is 1.53 bits per heavy atom. The lowest BCUT2D eigenvalue weighted by Gasteiger charge is -2.19. The summed E-state index contributed by atoms with van der Waals surface area (Å²) >= 11 is 1.19. The second-order valence-corrected chi connectivity index (χ2v) is 5.24. The van der Waals surface area contributed by atoms with Crippen LogP contribution in [0.1, 0.15) is 33.1 Å². The molecule has 1 atom stereocenters. The maximum absolute atomic E-state index is 11.7. The quantitative estimate of drug-likeness (QED) is 0.780. The van der Waals surface area contributed by atoms with Gasteiger partial charge in [-0.2, -0.15) is 0 Å². The lowest BCUT2D eigenvalue weighted by molar-refractivity contribution is -0.116. The van der Waals surface area contributed by atoms with Crippen LogP contribution < -0.4 is 11.1 Å². The Hall–Kier alpha value is -1.01. The van der Waals surface area contributed by atoms with Gasteiger partial charge in [0.25, 0.3) is 0 Å². The van der Waals surface area contributed by atoms with E-state index in [0.29, 0.717) is 29.8 Å². The van der Waals surface area contributed by atoms with Crippen LogP contribution in [0.2, 0.25) is 0 Å². The number of anilines is 1. The number of aromatic nitrogens is 2. The standard InChI is InChI=1S/C11H20N4OS/c1-8(2)9(5-6-12)3-4-10(16)14-11-7-13-15-17-11/h7-9H,3-6,12H2,1-2H3,(H,14,16). The molecule has 3 N–H and O–H groups in total. The van der Waals surface area contributed by atoms with E-state index in [1.807, 2.05) is 0 Å². The van der Waals surface area contributed by atoms with E-state index in [9.17, 15) is 4.79 Å². The molecule has 0 fully saturated rings. The number of amides is 1. The molecular formula is C11H20N4OS. The average molecular weight is 256 g/mol. The van der Waals surface area contributed by atoms with Crippen LogP contribution in [-0.4, -0.2) is 22.0 Å². The van der Waals surface area contributed by atoms with Gasteiger partial charge in [0.1, 0.15) is 5.00 Å². The minimum atomic E-state index is 0.0266. The first-order chi connectivity index (χ1) is 8.13. The van der Waals surface area contributed by atoms with Gasteiger partial charge in [0.2, 0.25) is 5.91 Å². The van der Waals surface area contributed by atoms with Gasteiger partial charge in [0, 0.05) is 18.0 Å². The molecule has 1 aromatic rings. The summed E-state index contributed by atoms with van der Waals surface area (Å²) in [5.41, 5.74) is 5.57. The van der Waals surface area contributed by atoms with E-state index < -0.39 is 0 Å². The van der Waals surface area contributed by atoms with Crippen molar-refractivity contribution < 1.29 is 4.79 Å². The average Bonchev–Trinajstić information content (AvgIpc) is 2.76. The fourth-order valence-corrected chi connectivity index (χ4v) is 2.20. The van der Waals surface area contributed by atoms with Crippen LogP contribution in [-0.2, 0) is 4.79 Å². The van der Waals surface area contributed by atoms with Gasteiger partial charge in [0.15, 0.2) is 0 Å². The Balaban J connectivity index is 2.31. The van der Waals surface area contributed by atoms with Crippen LogP contribution in [0.25, 0.3) is 0 Å². The van der Waals surface area contributed by atoms with Gasteiger partial charge in [-0.3, -0.25) is 4.79 Å². The van der Waals surface area contributed by atoms with Crippen molar-refractivity contribution in [3.8, 4) is 0 Å². The monoisotopic (exact) mass is 256 g/mol. The molecular weight excluding hydrogens is 236 g/mol. The second-order valence-electron chi connectivity index (χ2n) is 4.45. The lowest BCUT2D eigenvalue weighted by Crippen LogP contribution is -2.18. The summed E-state index contributed by atoms with van der Waals surface area (Å²) in [7, 11) is 0. The van der Waals surface area contributed by atoms with Gasteiger partial charge in [-0.05, 0) is 31.2 Å². The van der Waals surface area contributed by atoms with Crippen LogP contribution in [0.4, 0.5) is 5.00 Å². The smallest absolute Gasteiger partial charge is 0.225 e. The molecule has 6 heteroatoms. The van der Waals surface area contributed by atoms with E-state index >= 15 is 0 Å². The predicted molar refractivity (Wildman–Crippen MR) is 69.8 cm³/mol. The number of nitrogens with zero attached hydrogens (tertiary/aromatic N) is 2. The van der Waals surface area contributed by atoms with Gasteiger partial charge in [-0.25, -0.2) is 0 Å². The number of hydrogen-bond acceptors (Lipinski definition) is 5. The summed E-state index contributed by atoms with van der Waals surface area (Å²) in [6.45, 7) is 5.03. The normalized spacial score (nSPS) is 12.7. The first-order valence-electron chi connectivity index (χ1n) is 5.90. The first-order valence-corrected chi connectivity index (χ1v) is 6.68. The van der Waals surface area contributed by atoms with Gasteiger partial charge in [-0.1, -0.05) is 18.3 Å². The third-order valence-corrected chi connectivity index (χ3v) is 3.43. The molecule has 0 saturated heterocycles. The van der Waals surface area contributed by atoms with E-state index in [2.05, 4.69) is 28.8 Å². The fraction of sp³-hybridized carbons (Fsp3) is 0.727. The van der Waals surface area contributed by atoms with Crippen molar-refractivity contribution in [2.75, 3.05) is 11.9 Å². The highest BCUT2D eigenvalue weighted by Gasteiger charge is 2.14. The number of nitrogens with two attached hydrogens (primary N) is 1. The summed E-state index contributed by atoms with van der Waals surface area (Å²) in [4.78, 5) is 11.7. The van der Waals surface area contributed by atoms with Crippen molar-refractivity contribution in [2.24, 2.45) is 17.6 Å². The van der Waals surface area contributed by atoms with E-state index in [1.165, 1.54) is 11.5 Å². The Bertz CT molecular complexity index is 326. The predicted octanol–water partition coefficient (Wildman–Crippen LogP) is 1.88. The molecule has 0 aromatic carbocycles. The van der Waals surface area contributed by atoms with E-state index in [1.54, 1.807) is 6.20 Å². The molecule has 0 aliphatic carbocycles. The molecule has 1 unspecified atom stereocenters. The highest BCUT2D eigenvalue weighted by atomic mass is 32.1. The molecule has 0 bridgehead atoms. The zero-order chi connectivity index (χ0) is 12.7. The van der Waals surface area contributed by atoms with Crippen molar-refractivity contribution >= 4 is 22.4 Å². The molecule has 5 nitrogen and oxygen atoms in total. The Kier molecular flexibility index (Phi) is 6.07. The summed E-state index contributed by atoms with van der Waals surface area (Å²) in [5, 5.41) is 7.15. The highest BCUT2D eigenvalue weighted by Crippen LogP contribution is 2.21. The third-order valence-electron chi connectivity index (χ3n) is 2.85. The molecule has 17 heavy (non-hydrogen) atoms. The van der Waals surface area contributed by atoms with Crippen molar-refractivity contribution in [1.29, 1.82) is 0 Å². The zero-order valence-electron chi connectivity index (χ0n) is 10.3. The summed E-state index contributed by atoms with van der Waals surface area (Å²) in [6, 6.07) is 0. The molecule has 1 heterocycles. The SMILES string of the molecule is CC(C)C(CCN)CCC(=O)Nc1cnns1. The number of carbonyl (C=O) groups excluding carboxylic acids is 1. The summed E-state index contributed by atoms with van der Waals surface area (Å²) < 4.78 is 3.69. The number of rotatable bonds is 7. The number of hydrogen-bond donors (Lipinski definition) is 2. The zero-order valence-corrected chi connectivity index (χ0v) is 11.2. The van der Waals surface area contributed by atoms with Crippen LogP contribution in [0.3, 0.4) is 0 Å². The third kappa shape index (κ3) is 5.23. The summed E-state index contributed by atoms with van der Waals surface area (Å²) in [5.74, 6) is 1.11. The molecule has 1 rings (SSSR count). The van der Waals surface area contributed by atoms with Crippen molar-refractivity contribution in [3.05, 3.63) is 6.20 Å². The number of nitrogens with one attached hydrogen (secondary N) is 1. The molecule has 0 saturated carbocycles. The minimum Gasteiger partial charge on any atom is -0.330 e. The Labute approximate surface area is 106 Å². The number of carbonyl (C=O) groups is 1. The van der Waals surface area contributed by atoms with Gasteiger partial charge in [-0.15, -0.1) is 5.10 Å². The Morgan fingerprint density at radius 2 is 2.29 bits per heavy atom. The topological polar surface area (TPSA) is 80.9 Å². The molecule has 0 radical (unpaired) electrons. The first kappa shape index (κ1) is 14.1. The van der Waals surface area contributed by atoms with Crippen molar-refractivity contribution in [3.63, 3.8) is 0 Å². The maximum Gasteiger partial charge on any atom is 0.225 e. The van der Waals surface area contributed by atoms with Gasteiger partial charge in [0.05, 0.1) is 6.20 Å². The van der Waals surface area contributed by atoms with Crippen LogP contribution in [0, 0.1) is 11.8 Å². The van der Waals surface area contributed by atoms with Crippen LogP contribution >= 0.6 is 11.5 Å². The molecule has 96 valence electrons. The molecule has 0 aliphatic rings. The molecule has 0 spiro atoms. The minimum absolute atomic E-state index is 0.0266. The van der Waals surface area contributed by atoms with Gasteiger partial charge < -0.3 is 11.1 Å². The second kappa shape index (κ2) is 7.34. The highest BCUT2D eigenvalue weighted by molar-refractivity contribution is 7.10. The van der Waals surface area contributed by atoms with E-state index in [0.717, 1.165) is 12.8 Å². The Morgan fingerprint density at radius 3 is 2.82 bits per heavy atom. The van der Waals surface area contributed by atoms with Crippen molar-refractivity contribution in [1.82, 2.24) is 9.59 Å².